The number of aryl methyl sites for hydroxylation is 1. The molecule has 0 unspecified atom stereocenters. The third-order valence-corrected chi connectivity index (χ3v) is 6.87. The molecule has 0 atom stereocenters. The Bertz CT molecular complexity index is 1880. The van der Waals surface area contributed by atoms with Gasteiger partial charge < -0.3 is 4.42 Å². The van der Waals surface area contributed by atoms with Gasteiger partial charge in [0, 0.05) is 34.3 Å². The number of aromatic nitrogens is 2. The fraction of sp³-hybridized carbons (Fsp3) is 0.0303. The van der Waals surface area contributed by atoms with Gasteiger partial charge in [0.15, 0.2) is 0 Å². The molecule has 4 aromatic carbocycles. The molecule has 0 amide bonds. The Kier molecular flexibility index (Phi) is 4.68. The van der Waals surface area contributed by atoms with Crippen LogP contribution in [0.4, 0.5) is 0 Å². The minimum atomic E-state index is 0.662. The van der Waals surface area contributed by atoms with E-state index in [-0.39, 0.29) is 0 Å². The number of pyridine rings is 2. The maximum absolute atomic E-state index is 5.87. The van der Waals surface area contributed by atoms with Gasteiger partial charge in [-0.1, -0.05) is 60.2 Å². The Hall–Kier alpha value is -4.76. The van der Waals surface area contributed by atoms with E-state index in [0.717, 1.165) is 38.7 Å². The Balaban J connectivity index is 1.23. The Morgan fingerprint density at radius 2 is 1.28 bits per heavy atom. The van der Waals surface area contributed by atoms with Crippen LogP contribution in [0.3, 0.4) is 0 Å². The fourth-order valence-electron chi connectivity index (χ4n) is 4.86. The highest BCUT2D eigenvalue weighted by Crippen LogP contribution is 2.32. The van der Waals surface area contributed by atoms with Crippen molar-refractivity contribution in [3.8, 4) is 33.5 Å². The van der Waals surface area contributed by atoms with Crippen LogP contribution in [0.5, 0.6) is 0 Å². The molecule has 0 bridgehead atoms. The van der Waals surface area contributed by atoms with Gasteiger partial charge in [-0.15, -0.1) is 0 Å². The zero-order valence-corrected chi connectivity index (χ0v) is 19.8. The van der Waals surface area contributed by atoms with E-state index in [9.17, 15) is 0 Å². The molecule has 0 aliphatic carbocycles. The van der Waals surface area contributed by atoms with Crippen molar-refractivity contribution in [3.05, 3.63) is 121 Å². The Morgan fingerprint density at radius 1 is 0.556 bits per heavy atom. The number of hydrogen-bond acceptors (Lipinski definition) is 3. The number of rotatable bonds is 3. The molecule has 0 saturated carbocycles. The van der Waals surface area contributed by atoms with Gasteiger partial charge in [-0.25, -0.2) is 4.98 Å². The quantitative estimate of drug-likeness (QED) is 0.263. The van der Waals surface area contributed by atoms with Gasteiger partial charge >= 0.3 is 0 Å². The van der Waals surface area contributed by atoms with E-state index in [1.165, 1.54) is 27.5 Å². The molecule has 7 aromatic rings. The molecular weight excluding hydrogens is 440 g/mol. The molecule has 36 heavy (non-hydrogen) atoms. The van der Waals surface area contributed by atoms with Crippen LogP contribution in [0.25, 0.3) is 66.4 Å². The molecule has 0 saturated heterocycles. The number of fused-ring (bicyclic) bond motifs is 4. The molecule has 0 spiro atoms. The van der Waals surface area contributed by atoms with Gasteiger partial charge in [0.2, 0.25) is 5.71 Å². The highest BCUT2D eigenvalue weighted by molar-refractivity contribution is 6.04. The smallest absolute Gasteiger partial charge is 0.227 e. The van der Waals surface area contributed by atoms with Crippen molar-refractivity contribution in [2.45, 2.75) is 6.92 Å². The van der Waals surface area contributed by atoms with Crippen molar-refractivity contribution in [3.63, 3.8) is 0 Å². The predicted octanol–water partition coefficient (Wildman–Crippen LogP) is 8.84. The normalized spacial score (nSPS) is 11.5. The minimum absolute atomic E-state index is 0.662. The topological polar surface area (TPSA) is 38.9 Å². The van der Waals surface area contributed by atoms with E-state index < -0.39 is 0 Å². The fourth-order valence-corrected chi connectivity index (χ4v) is 4.86. The average Bonchev–Trinajstić information content (AvgIpc) is 3.31. The van der Waals surface area contributed by atoms with E-state index in [0.29, 0.717) is 5.71 Å². The van der Waals surface area contributed by atoms with Gasteiger partial charge in [0.1, 0.15) is 5.58 Å². The first-order chi connectivity index (χ1) is 17.7. The summed E-state index contributed by atoms with van der Waals surface area (Å²) in [5.74, 6) is 0. The highest BCUT2D eigenvalue weighted by atomic mass is 16.3. The molecule has 170 valence electrons. The Morgan fingerprint density at radius 3 is 2.06 bits per heavy atom. The van der Waals surface area contributed by atoms with Crippen LogP contribution in [-0.2, 0) is 0 Å². The average molecular weight is 463 g/mol. The summed E-state index contributed by atoms with van der Waals surface area (Å²) in [5.41, 5.74) is 9.48. The summed E-state index contributed by atoms with van der Waals surface area (Å²) in [4.78, 5) is 9.14. The summed E-state index contributed by atoms with van der Waals surface area (Å²) >= 11 is 0. The molecule has 0 aliphatic heterocycles. The first-order valence-electron chi connectivity index (χ1n) is 12.1. The molecule has 3 aromatic heterocycles. The highest BCUT2D eigenvalue weighted by Gasteiger charge is 2.10. The van der Waals surface area contributed by atoms with Crippen LogP contribution in [0.15, 0.2) is 120 Å². The zero-order valence-electron chi connectivity index (χ0n) is 19.8. The van der Waals surface area contributed by atoms with Crippen LogP contribution in [0.1, 0.15) is 5.56 Å². The maximum atomic E-state index is 5.87. The zero-order chi connectivity index (χ0) is 24.1. The van der Waals surface area contributed by atoms with Crippen molar-refractivity contribution in [2.24, 2.45) is 0 Å². The summed E-state index contributed by atoms with van der Waals surface area (Å²) in [6.07, 6.45) is 3.71. The molecule has 0 fully saturated rings. The van der Waals surface area contributed by atoms with Crippen molar-refractivity contribution in [1.82, 2.24) is 9.97 Å². The molecule has 0 N–H and O–H groups in total. The largest absolute Gasteiger partial charge is 0.438 e. The number of hydrogen-bond donors (Lipinski definition) is 0. The van der Waals surface area contributed by atoms with Crippen molar-refractivity contribution >= 4 is 32.8 Å². The van der Waals surface area contributed by atoms with E-state index in [4.69, 9.17) is 9.40 Å². The van der Waals surface area contributed by atoms with Crippen LogP contribution in [0.2, 0.25) is 0 Å². The van der Waals surface area contributed by atoms with E-state index in [2.05, 4.69) is 96.8 Å². The second-order valence-corrected chi connectivity index (χ2v) is 9.24. The first-order valence-corrected chi connectivity index (χ1v) is 12.1. The molecule has 3 heterocycles. The molecule has 3 heteroatoms. The maximum Gasteiger partial charge on any atom is 0.227 e. The van der Waals surface area contributed by atoms with E-state index >= 15 is 0 Å². The van der Waals surface area contributed by atoms with Gasteiger partial charge in [-0.3, -0.25) is 4.98 Å². The summed E-state index contributed by atoms with van der Waals surface area (Å²) in [6, 6.07) is 36.3. The van der Waals surface area contributed by atoms with Gasteiger partial charge in [0.25, 0.3) is 0 Å². The SMILES string of the molecule is Cc1ccc(-c2ccc3ccc(-c4ccc(-c5ccc6oc7ncccc7c6c5)nc4)cc3c2)cc1. The third kappa shape index (κ3) is 3.53. The number of benzene rings is 4. The van der Waals surface area contributed by atoms with E-state index in [1.54, 1.807) is 6.20 Å². The van der Waals surface area contributed by atoms with Gasteiger partial charge in [-0.05, 0) is 82.9 Å². The second kappa shape index (κ2) is 8.17. The predicted molar refractivity (Wildman–Crippen MR) is 148 cm³/mol. The summed E-state index contributed by atoms with van der Waals surface area (Å²) in [5, 5.41) is 4.53. The van der Waals surface area contributed by atoms with Crippen LogP contribution in [0, 0.1) is 6.92 Å². The van der Waals surface area contributed by atoms with Crippen LogP contribution in [-0.4, -0.2) is 9.97 Å². The first kappa shape index (κ1) is 20.6. The molecule has 3 nitrogen and oxygen atoms in total. The van der Waals surface area contributed by atoms with Crippen LogP contribution < -0.4 is 0 Å². The molecule has 0 aliphatic rings. The lowest BCUT2D eigenvalue weighted by atomic mass is 9.97. The van der Waals surface area contributed by atoms with Gasteiger partial charge in [0.05, 0.1) is 5.69 Å². The monoisotopic (exact) mass is 462 g/mol. The standard InChI is InChI=1S/C33H22N2O/c1-21-4-6-22(7-5-21)24-10-8-23-9-11-25(18-28(23)17-24)27-12-14-31(35-20-27)26-13-15-32-30(19-26)29-3-2-16-34-33(29)36-32/h2-20H,1H3. The Labute approximate surface area is 208 Å². The second-order valence-electron chi connectivity index (χ2n) is 9.24. The summed E-state index contributed by atoms with van der Waals surface area (Å²) in [6.45, 7) is 2.12. The lowest BCUT2D eigenvalue weighted by Gasteiger charge is -2.08. The summed E-state index contributed by atoms with van der Waals surface area (Å²) < 4.78 is 5.87. The molecule has 0 radical (unpaired) electrons. The van der Waals surface area contributed by atoms with E-state index in [1.807, 2.05) is 24.4 Å². The lowest BCUT2D eigenvalue weighted by Crippen LogP contribution is -1.86. The molecule has 7 rings (SSSR count). The van der Waals surface area contributed by atoms with Crippen molar-refractivity contribution in [2.75, 3.05) is 0 Å². The summed E-state index contributed by atoms with van der Waals surface area (Å²) in [7, 11) is 0. The lowest BCUT2D eigenvalue weighted by molar-refractivity contribution is 0.654. The molecular formula is C33H22N2O. The number of furan rings is 1. The van der Waals surface area contributed by atoms with Crippen molar-refractivity contribution in [1.29, 1.82) is 0 Å². The van der Waals surface area contributed by atoms with Crippen LogP contribution >= 0.6 is 0 Å². The van der Waals surface area contributed by atoms with Gasteiger partial charge in [-0.2, -0.15) is 0 Å². The van der Waals surface area contributed by atoms with Crippen molar-refractivity contribution < 1.29 is 4.42 Å². The number of nitrogens with zero attached hydrogens (tertiary/aromatic N) is 2. The minimum Gasteiger partial charge on any atom is -0.438 e. The third-order valence-electron chi connectivity index (χ3n) is 6.87.